The van der Waals surface area contributed by atoms with Crippen LogP contribution in [0.1, 0.15) is 11.9 Å². The van der Waals surface area contributed by atoms with Crippen LogP contribution in [0.5, 0.6) is 0 Å². The predicted molar refractivity (Wildman–Crippen MR) is 36.4 cm³/mol. The molecule has 1 heterocycles. The summed E-state index contributed by atoms with van der Waals surface area (Å²) in [6, 6.07) is 1.45. The van der Waals surface area contributed by atoms with E-state index in [4.69, 9.17) is 5.11 Å². The van der Waals surface area contributed by atoms with Crippen molar-refractivity contribution in [3.8, 4) is 0 Å². The van der Waals surface area contributed by atoms with Gasteiger partial charge in [0.05, 0.1) is 6.07 Å². The molecule has 1 atom stereocenters. The van der Waals surface area contributed by atoms with E-state index in [1.54, 1.807) is 0 Å². The normalized spacial score (nSPS) is 14.0. The standard InChI is InChI=1S/C6H4F3NO4/c7-6(8,9)5(11)3-1-2-4(14-3)10(12)13/h1-2,5,11H/t5-/m0/s1. The SMILES string of the molecule is O=[N+]([O-])c1ccc([C@H](O)C(F)(F)F)o1. The molecule has 5 nitrogen and oxygen atoms in total. The van der Waals surface area contributed by atoms with Crippen molar-refractivity contribution in [1.82, 2.24) is 0 Å². The first kappa shape index (κ1) is 10.5. The first-order valence-corrected chi connectivity index (χ1v) is 3.31. The lowest BCUT2D eigenvalue weighted by Gasteiger charge is -2.10. The molecule has 1 N–H and O–H groups in total. The maximum absolute atomic E-state index is 11.9. The van der Waals surface area contributed by atoms with Crippen LogP contribution in [-0.2, 0) is 0 Å². The van der Waals surface area contributed by atoms with Crippen LogP contribution < -0.4 is 0 Å². The van der Waals surface area contributed by atoms with Crippen molar-refractivity contribution >= 4 is 5.88 Å². The molecule has 8 heteroatoms. The van der Waals surface area contributed by atoms with Gasteiger partial charge in [-0.25, -0.2) is 0 Å². The lowest BCUT2D eigenvalue weighted by atomic mass is 10.3. The summed E-state index contributed by atoms with van der Waals surface area (Å²) in [5, 5.41) is 18.6. The molecule has 0 radical (unpaired) electrons. The molecule has 0 aromatic carbocycles. The minimum absolute atomic E-state index is 0.705. The van der Waals surface area contributed by atoms with E-state index in [0.29, 0.717) is 6.07 Å². The zero-order chi connectivity index (χ0) is 10.9. The van der Waals surface area contributed by atoms with Gasteiger partial charge in [-0.05, 0) is 6.07 Å². The molecule has 0 aliphatic carbocycles. The average Bonchev–Trinajstić information content (AvgIpc) is 2.48. The maximum Gasteiger partial charge on any atom is 0.433 e. The molecule has 0 aliphatic heterocycles. The fraction of sp³-hybridized carbons (Fsp3) is 0.333. The van der Waals surface area contributed by atoms with E-state index in [9.17, 15) is 23.3 Å². The van der Waals surface area contributed by atoms with Gasteiger partial charge >= 0.3 is 12.1 Å². The number of hydrogen-bond acceptors (Lipinski definition) is 4. The molecule has 1 aromatic heterocycles. The highest BCUT2D eigenvalue weighted by molar-refractivity contribution is 5.19. The zero-order valence-electron chi connectivity index (χ0n) is 6.49. The summed E-state index contributed by atoms with van der Waals surface area (Å²) in [6.45, 7) is 0. The van der Waals surface area contributed by atoms with Gasteiger partial charge in [0.2, 0.25) is 6.10 Å². The van der Waals surface area contributed by atoms with E-state index in [1.165, 1.54) is 0 Å². The fourth-order valence-electron chi connectivity index (χ4n) is 0.749. The fourth-order valence-corrected chi connectivity index (χ4v) is 0.749. The largest absolute Gasteiger partial charge is 0.433 e. The van der Waals surface area contributed by atoms with E-state index in [-0.39, 0.29) is 0 Å². The average molecular weight is 211 g/mol. The second-order valence-corrected chi connectivity index (χ2v) is 2.38. The number of rotatable bonds is 2. The Morgan fingerprint density at radius 2 is 2.07 bits per heavy atom. The molecule has 0 unspecified atom stereocenters. The summed E-state index contributed by atoms with van der Waals surface area (Å²) in [5.41, 5.74) is 0. The van der Waals surface area contributed by atoms with Crippen molar-refractivity contribution in [1.29, 1.82) is 0 Å². The van der Waals surface area contributed by atoms with Gasteiger partial charge < -0.3 is 9.52 Å². The van der Waals surface area contributed by atoms with Crippen molar-refractivity contribution < 1.29 is 27.6 Å². The van der Waals surface area contributed by atoms with E-state index >= 15 is 0 Å². The number of aliphatic hydroxyl groups excluding tert-OH is 1. The minimum Gasteiger partial charge on any atom is -0.403 e. The van der Waals surface area contributed by atoms with Gasteiger partial charge in [0.1, 0.15) is 10.7 Å². The van der Waals surface area contributed by atoms with Crippen molar-refractivity contribution in [2.45, 2.75) is 12.3 Å². The molecular formula is C6H4F3NO4. The second kappa shape index (κ2) is 3.29. The third-order valence-electron chi connectivity index (χ3n) is 1.37. The van der Waals surface area contributed by atoms with Gasteiger partial charge in [0, 0.05) is 0 Å². The summed E-state index contributed by atoms with van der Waals surface area (Å²) in [5.74, 6) is -1.74. The molecule has 0 spiro atoms. The molecule has 1 rings (SSSR count). The summed E-state index contributed by atoms with van der Waals surface area (Å²) in [7, 11) is 0. The van der Waals surface area contributed by atoms with E-state index in [0.717, 1.165) is 6.07 Å². The van der Waals surface area contributed by atoms with Crippen LogP contribution in [-0.4, -0.2) is 16.2 Å². The van der Waals surface area contributed by atoms with Crippen LogP contribution in [0.15, 0.2) is 16.5 Å². The Morgan fingerprint density at radius 3 is 2.43 bits per heavy atom. The zero-order valence-corrected chi connectivity index (χ0v) is 6.49. The van der Waals surface area contributed by atoms with E-state index in [2.05, 4.69) is 4.42 Å². The first-order chi connectivity index (χ1) is 6.32. The van der Waals surface area contributed by atoms with Crippen LogP contribution in [0.25, 0.3) is 0 Å². The second-order valence-electron chi connectivity index (χ2n) is 2.38. The molecule has 14 heavy (non-hydrogen) atoms. The molecule has 0 bridgehead atoms. The Hall–Kier alpha value is -1.57. The number of halogens is 3. The Morgan fingerprint density at radius 1 is 1.50 bits per heavy atom. The highest BCUT2D eigenvalue weighted by Gasteiger charge is 2.42. The quantitative estimate of drug-likeness (QED) is 0.597. The van der Waals surface area contributed by atoms with Crippen LogP contribution in [0, 0.1) is 10.1 Å². The summed E-state index contributed by atoms with van der Waals surface area (Å²) >= 11 is 0. The number of aliphatic hydroxyl groups is 1. The molecule has 0 fully saturated rings. The molecule has 0 aliphatic rings. The van der Waals surface area contributed by atoms with Gasteiger partial charge in [-0.1, -0.05) is 0 Å². The Bertz CT molecular complexity index is 345. The van der Waals surface area contributed by atoms with Crippen molar-refractivity contribution in [2.24, 2.45) is 0 Å². The number of nitrogens with zero attached hydrogens (tertiary/aromatic N) is 1. The lowest BCUT2D eigenvalue weighted by molar-refractivity contribution is -0.402. The van der Waals surface area contributed by atoms with E-state index < -0.39 is 28.8 Å². The maximum atomic E-state index is 11.9. The van der Waals surface area contributed by atoms with Gasteiger partial charge in [0.15, 0.2) is 0 Å². The molecule has 0 amide bonds. The summed E-state index contributed by atoms with van der Waals surface area (Å²) < 4.78 is 39.8. The number of nitro groups is 1. The monoisotopic (exact) mass is 211 g/mol. The Kier molecular flexibility index (Phi) is 2.47. The summed E-state index contributed by atoms with van der Waals surface area (Å²) in [6.07, 6.45) is -7.73. The van der Waals surface area contributed by atoms with Crippen molar-refractivity contribution in [3.05, 3.63) is 28.0 Å². The van der Waals surface area contributed by atoms with Gasteiger partial charge in [-0.3, -0.25) is 10.1 Å². The van der Waals surface area contributed by atoms with Crippen LogP contribution in [0.3, 0.4) is 0 Å². The minimum atomic E-state index is -4.90. The van der Waals surface area contributed by atoms with Crippen LogP contribution in [0.2, 0.25) is 0 Å². The predicted octanol–water partition coefficient (Wildman–Crippen LogP) is 1.78. The van der Waals surface area contributed by atoms with Crippen LogP contribution >= 0.6 is 0 Å². The smallest absolute Gasteiger partial charge is 0.403 e. The number of alkyl halides is 3. The topological polar surface area (TPSA) is 76.5 Å². The molecule has 78 valence electrons. The van der Waals surface area contributed by atoms with Crippen molar-refractivity contribution in [3.63, 3.8) is 0 Å². The molecule has 0 saturated heterocycles. The Labute approximate surface area is 74.9 Å². The summed E-state index contributed by atoms with van der Waals surface area (Å²) in [4.78, 5) is 9.04. The highest BCUT2D eigenvalue weighted by atomic mass is 19.4. The van der Waals surface area contributed by atoms with Gasteiger partial charge in [-0.2, -0.15) is 13.2 Å². The highest BCUT2D eigenvalue weighted by Crippen LogP contribution is 2.34. The van der Waals surface area contributed by atoms with Crippen LogP contribution in [0.4, 0.5) is 19.1 Å². The first-order valence-electron chi connectivity index (χ1n) is 3.31. The molecular weight excluding hydrogens is 207 g/mol. The lowest BCUT2D eigenvalue weighted by Crippen LogP contribution is -2.19. The molecule has 0 saturated carbocycles. The number of furan rings is 1. The third-order valence-corrected chi connectivity index (χ3v) is 1.37. The third kappa shape index (κ3) is 2.02. The van der Waals surface area contributed by atoms with Gasteiger partial charge in [0.25, 0.3) is 0 Å². The number of hydrogen-bond donors (Lipinski definition) is 1. The Balaban J connectivity index is 2.92. The van der Waals surface area contributed by atoms with E-state index in [1.807, 2.05) is 0 Å². The molecule has 1 aromatic rings. The van der Waals surface area contributed by atoms with Crippen molar-refractivity contribution in [2.75, 3.05) is 0 Å². The van der Waals surface area contributed by atoms with Gasteiger partial charge in [-0.15, -0.1) is 0 Å².